The van der Waals surface area contributed by atoms with E-state index in [2.05, 4.69) is 26.0 Å². The van der Waals surface area contributed by atoms with Gasteiger partial charge in [-0.3, -0.25) is 10.1 Å². The summed E-state index contributed by atoms with van der Waals surface area (Å²) in [6.45, 7) is 0.204. The average Bonchev–Trinajstić information content (AvgIpc) is 2.82. The number of rotatable bonds is 5. The molecule has 3 N–H and O–H groups in total. The van der Waals surface area contributed by atoms with Gasteiger partial charge in [0.25, 0.3) is 5.95 Å². The van der Waals surface area contributed by atoms with Crippen LogP contribution in [0.5, 0.6) is 0 Å². The Labute approximate surface area is 120 Å². The zero-order chi connectivity index (χ0) is 15.2. The first-order valence-corrected chi connectivity index (χ1v) is 6.12. The van der Waals surface area contributed by atoms with Crippen LogP contribution in [-0.2, 0) is 24.8 Å². The molecule has 9 nitrogen and oxygen atoms in total. The average molecular weight is 290 g/mol. The number of anilines is 1. The summed E-state index contributed by atoms with van der Waals surface area (Å²) < 4.78 is 0. The van der Waals surface area contributed by atoms with Gasteiger partial charge in [-0.2, -0.15) is 4.80 Å². The van der Waals surface area contributed by atoms with Crippen LogP contribution in [0.25, 0.3) is 0 Å². The zero-order valence-corrected chi connectivity index (χ0v) is 11.3. The predicted octanol–water partition coefficient (Wildman–Crippen LogP) is 0.159. The van der Waals surface area contributed by atoms with Crippen molar-refractivity contribution in [3.05, 3.63) is 35.4 Å². The third kappa shape index (κ3) is 4.27. The van der Waals surface area contributed by atoms with E-state index < -0.39 is 12.0 Å². The molecule has 0 spiro atoms. The standard InChI is InChI=1S/C12H14N6O3/c1-18-16-11(15-17-18)14-12(21)13-7-9-5-3-2-4-8(9)6-10(19)20/h2-5H,6-7H2,1H3,(H,19,20)(H2,13,14,16,21). The van der Waals surface area contributed by atoms with Gasteiger partial charge >= 0.3 is 12.0 Å². The van der Waals surface area contributed by atoms with Gasteiger partial charge in [-0.05, 0) is 16.3 Å². The predicted molar refractivity (Wildman–Crippen MR) is 72.4 cm³/mol. The molecule has 0 aliphatic heterocycles. The van der Waals surface area contributed by atoms with Gasteiger partial charge in [0.2, 0.25) is 0 Å². The molecule has 1 heterocycles. The number of hydrogen-bond donors (Lipinski definition) is 3. The first-order chi connectivity index (χ1) is 10.0. The molecule has 21 heavy (non-hydrogen) atoms. The first-order valence-electron chi connectivity index (χ1n) is 6.12. The normalized spacial score (nSPS) is 10.1. The molecule has 0 atom stereocenters. The van der Waals surface area contributed by atoms with E-state index in [1.807, 2.05) is 0 Å². The lowest BCUT2D eigenvalue weighted by atomic mass is 10.0. The molecule has 1 aromatic carbocycles. The minimum atomic E-state index is -0.921. The van der Waals surface area contributed by atoms with E-state index >= 15 is 0 Å². The van der Waals surface area contributed by atoms with Crippen LogP contribution < -0.4 is 10.6 Å². The number of amides is 2. The van der Waals surface area contributed by atoms with E-state index in [9.17, 15) is 9.59 Å². The molecule has 0 unspecified atom stereocenters. The fourth-order valence-corrected chi connectivity index (χ4v) is 1.72. The maximum absolute atomic E-state index is 11.7. The van der Waals surface area contributed by atoms with Gasteiger partial charge in [0.05, 0.1) is 13.5 Å². The van der Waals surface area contributed by atoms with E-state index in [0.29, 0.717) is 5.56 Å². The number of carboxylic acid groups (broad SMARTS) is 1. The number of aliphatic carboxylic acids is 1. The highest BCUT2D eigenvalue weighted by Crippen LogP contribution is 2.09. The van der Waals surface area contributed by atoms with Crippen LogP contribution >= 0.6 is 0 Å². The summed E-state index contributed by atoms with van der Waals surface area (Å²) in [6, 6.07) is 6.52. The van der Waals surface area contributed by atoms with Gasteiger partial charge in [0.15, 0.2) is 0 Å². The maximum atomic E-state index is 11.7. The highest BCUT2D eigenvalue weighted by Gasteiger charge is 2.09. The third-order valence-corrected chi connectivity index (χ3v) is 2.63. The molecule has 0 saturated heterocycles. The summed E-state index contributed by atoms with van der Waals surface area (Å²) in [5.74, 6) is -0.829. The lowest BCUT2D eigenvalue weighted by Crippen LogP contribution is -2.29. The number of aryl methyl sites for hydroxylation is 1. The van der Waals surface area contributed by atoms with Gasteiger partial charge in [0.1, 0.15) is 0 Å². The maximum Gasteiger partial charge on any atom is 0.321 e. The second kappa shape index (κ2) is 6.46. The smallest absolute Gasteiger partial charge is 0.321 e. The van der Waals surface area contributed by atoms with Crippen LogP contribution in [0, 0.1) is 0 Å². The van der Waals surface area contributed by atoms with Crippen LogP contribution in [0.15, 0.2) is 24.3 Å². The number of tetrazole rings is 1. The van der Waals surface area contributed by atoms with Crippen molar-refractivity contribution in [1.82, 2.24) is 25.5 Å². The third-order valence-electron chi connectivity index (χ3n) is 2.63. The Balaban J connectivity index is 1.93. The SMILES string of the molecule is Cn1nnc(NC(=O)NCc2ccccc2CC(=O)O)n1. The number of urea groups is 1. The molecule has 0 aliphatic carbocycles. The summed E-state index contributed by atoms with van der Waals surface area (Å²) in [4.78, 5) is 23.7. The summed E-state index contributed by atoms with van der Waals surface area (Å²) in [7, 11) is 1.58. The van der Waals surface area contributed by atoms with Crippen LogP contribution in [0.2, 0.25) is 0 Å². The molecule has 9 heteroatoms. The second-order valence-corrected chi connectivity index (χ2v) is 4.25. The van der Waals surface area contributed by atoms with Gasteiger partial charge in [-0.1, -0.05) is 29.4 Å². The van der Waals surface area contributed by atoms with Crippen LogP contribution in [0.1, 0.15) is 11.1 Å². The lowest BCUT2D eigenvalue weighted by Gasteiger charge is -2.09. The first kappa shape index (κ1) is 14.4. The Morgan fingerprint density at radius 3 is 2.62 bits per heavy atom. The topological polar surface area (TPSA) is 122 Å². The van der Waals surface area contributed by atoms with Gasteiger partial charge in [-0.25, -0.2) is 4.79 Å². The quantitative estimate of drug-likeness (QED) is 0.721. The van der Waals surface area contributed by atoms with E-state index in [1.54, 1.807) is 31.3 Å². The van der Waals surface area contributed by atoms with Crippen molar-refractivity contribution >= 4 is 17.9 Å². The molecule has 0 radical (unpaired) electrons. The fourth-order valence-electron chi connectivity index (χ4n) is 1.72. The van der Waals surface area contributed by atoms with Crippen LogP contribution in [-0.4, -0.2) is 37.3 Å². The molecule has 0 bridgehead atoms. The molecule has 2 rings (SSSR count). The molecule has 2 aromatic rings. The van der Waals surface area contributed by atoms with E-state index in [1.165, 1.54) is 4.80 Å². The van der Waals surface area contributed by atoms with E-state index in [0.717, 1.165) is 5.56 Å². The summed E-state index contributed by atoms with van der Waals surface area (Å²) >= 11 is 0. The Morgan fingerprint density at radius 1 is 1.29 bits per heavy atom. The zero-order valence-electron chi connectivity index (χ0n) is 11.3. The number of nitrogens with one attached hydrogen (secondary N) is 2. The lowest BCUT2D eigenvalue weighted by molar-refractivity contribution is -0.136. The van der Waals surface area contributed by atoms with Crippen LogP contribution in [0.3, 0.4) is 0 Å². The summed E-state index contributed by atoms with van der Waals surface area (Å²) in [6.07, 6.45) is -0.0921. The van der Waals surface area contributed by atoms with Gasteiger partial charge in [0, 0.05) is 6.54 Å². The van der Waals surface area contributed by atoms with Crippen molar-refractivity contribution in [2.24, 2.45) is 7.05 Å². The Bertz CT molecular complexity index is 654. The molecule has 0 fully saturated rings. The number of benzene rings is 1. The highest BCUT2D eigenvalue weighted by atomic mass is 16.4. The largest absolute Gasteiger partial charge is 0.481 e. The van der Waals surface area contributed by atoms with Gasteiger partial charge in [-0.15, -0.1) is 5.10 Å². The van der Waals surface area contributed by atoms with Crippen molar-refractivity contribution in [2.75, 3.05) is 5.32 Å². The van der Waals surface area contributed by atoms with Crippen molar-refractivity contribution in [3.8, 4) is 0 Å². The van der Waals surface area contributed by atoms with Crippen LogP contribution in [0.4, 0.5) is 10.7 Å². The van der Waals surface area contributed by atoms with E-state index in [4.69, 9.17) is 5.11 Å². The number of carbonyl (C=O) groups is 2. The minimum absolute atomic E-state index is 0.0915. The number of carboxylic acids is 1. The molecule has 1 aromatic heterocycles. The Hall–Kier alpha value is -2.97. The second-order valence-electron chi connectivity index (χ2n) is 4.25. The number of aromatic nitrogens is 4. The number of carbonyl (C=O) groups excluding carboxylic acids is 1. The Kier molecular flexibility index (Phi) is 4.44. The molecule has 0 saturated carbocycles. The number of nitrogens with zero attached hydrogens (tertiary/aromatic N) is 4. The molecule has 0 aliphatic rings. The summed E-state index contributed by atoms with van der Waals surface area (Å²) in [5, 5.41) is 24.9. The van der Waals surface area contributed by atoms with Crippen molar-refractivity contribution in [3.63, 3.8) is 0 Å². The monoisotopic (exact) mass is 290 g/mol. The van der Waals surface area contributed by atoms with Crippen molar-refractivity contribution in [1.29, 1.82) is 0 Å². The molecule has 2 amide bonds. The Morgan fingerprint density at radius 2 is 2.00 bits per heavy atom. The summed E-state index contributed by atoms with van der Waals surface area (Å²) in [5.41, 5.74) is 1.39. The van der Waals surface area contributed by atoms with E-state index in [-0.39, 0.29) is 18.9 Å². The molecule has 110 valence electrons. The molecular weight excluding hydrogens is 276 g/mol. The van der Waals surface area contributed by atoms with Gasteiger partial charge < -0.3 is 10.4 Å². The fraction of sp³-hybridized carbons (Fsp3) is 0.250. The number of hydrogen-bond acceptors (Lipinski definition) is 5. The van der Waals surface area contributed by atoms with Crippen molar-refractivity contribution < 1.29 is 14.7 Å². The highest BCUT2D eigenvalue weighted by molar-refractivity contribution is 5.87. The minimum Gasteiger partial charge on any atom is -0.481 e. The van der Waals surface area contributed by atoms with Crippen molar-refractivity contribution in [2.45, 2.75) is 13.0 Å². The molecular formula is C12H14N6O3.